The molecule has 0 fully saturated rings. The smallest absolute Gasteiger partial charge is 0.0796 e. The normalized spacial score (nSPS) is 19.4. The van der Waals surface area contributed by atoms with E-state index in [0.717, 1.165) is 44.9 Å². The van der Waals surface area contributed by atoms with Gasteiger partial charge in [-0.3, -0.25) is 0 Å². The third kappa shape index (κ3) is 9.70. The molecule has 4 N–H and O–H groups in total. The molecule has 0 spiro atoms. The van der Waals surface area contributed by atoms with Crippen molar-refractivity contribution >= 4 is 0 Å². The summed E-state index contributed by atoms with van der Waals surface area (Å²) in [5.74, 6) is -0.0584. The summed E-state index contributed by atoms with van der Waals surface area (Å²) in [4.78, 5) is 0. The average Bonchev–Trinajstić information content (AvgIpc) is 2.39. The third-order valence-corrected chi connectivity index (χ3v) is 4.17. The topological polar surface area (TPSA) is 80.9 Å². The fourth-order valence-corrected chi connectivity index (χ4v) is 2.24. The van der Waals surface area contributed by atoms with Gasteiger partial charge >= 0.3 is 0 Å². The molecular weight excluding hydrogens is 256 g/mol. The minimum atomic E-state index is -0.632. The van der Waals surface area contributed by atoms with Gasteiger partial charge in [-0.2, -0.15) is 0 Å². The van der Waals surface area contributed by atoms with Gasteiger partial charge in [0.2, 0.25) is 0 Å². The second-order valence-corrected chi connectivity index (χ2v) is 6.17. The molecule has 5 atom stereocenters. The molecule has 0 heterocycles. The number of unbranched alkanes of at least 4 members (excludes halogenated alkanes) is 5. The Balaban J connectivity index is 3.37. The van der Waals surface area contributed by atoms with Crippen LogP contribution in [0.1, 0.15) is 72.1 Å². The van der Waals surface area contributed by atoms with Crippen LogP contribution < -0.4 is 0 Å². The first-order chi connectivity index (χ1) is 9.36. The number of hydrogen-bond acceptors (Lipinski definition) is 4. The molecular formula is C16H34O4. The fraction of sp³-hybridized carbons (Fsp3) is 1.00. The van der Waals surface area contributed by atoms with E-state index in [4.69, 9.17) is 5.11 Å². The minimum absolute atomic E-state index is 0.0584. The maximum absolute atomic E-state index is 9.83. The number of aliphatic hydroxyl groups excluding tert-OH is 4. The van der Waals surface area contributed by atoms with Crippen molar-refractivity contribution < 1.29 is 20.4 Å². The van der Waals surface area contributed by atoms with Crippen molar-refractivity contribution in [1.29, 1.82) is 0 Å². The van der Waals surface area contributed by atoms with E-state index in [-0.39, 0.29) is 5.92 Å². The standard InChI is InChI=1S/C16H34O4/c1-12(13(2)17)15(19)10-8-6-4-5-7-9-11-16(20)14(3)18/h12-20H,4-11H2,1-3H3. The molecule has 0 saturated heterocycles. The summed E-state index contributed by atoms with van der Waals surface area (Å²) in [6, 6.07) is 0. The highest BCUT2D eigenvalue weighted by Gasteiger charge is 2.18. The molecule has 0 aromatic rings. The van der Waals surface area contributed by atoms with E-state index in [1.54, 1.807) is 13.8 Å². The molecule has 4 heteroatoms. The maximum Gasteiger partial charge on any atom is 0.0796 e. The van der Waals surface area contributed by atoms with Crippen LogP contribution in [0, 0.1) is 5.92 Å². The monoisotopic (exact) mass is 290 g/mol. The molecule has 0 aliphatic carbocycles. The maximum atomic E-state index is 9.83. The molecule has 122 valence electrons. The SMILES string of the molecule is CC(O)C(O)CCCCCCCCC(O)C(C)C(C)O. The van der Waals surface area contributed by atoms with E-state index in [2.05, 4.69) is 0 Å². The van der Waals surface area contributed by atoms with Gasteiger partial charge in [0.25, 0.3) is 0 Å². The van der Waals surface area contributed by atoms with Crippen LogP contribution in [0.2, 0.25) is 0 Å². The predicted molar refractivity (Wildman–Crippen MR) is 81.5 cm³/mol. The van der Waals surface area contributed by atoms with Crippen LogP contribution in [0.4, 0.5) is 0 Å². The Hall–Kier alpha value is -0.160. The fourth-order valence-electron chi connectivity index (χ4n) is 2.24. The highest BCUT2D eigenvalue weighted by Crippen LogP contribution is 2.16. The largest absolute Gasteiger partial charge is 0.393 e. The molecule has 5 unspecified atom stereocenters. The lowest BCUT2D eigenvalue weighted by Crippen LogP contribution is -2.27. The van der Waals surface area contributed by atoms with E-state index in [9.17, 15) is 15.3 Å². The first-order valence-corrected chi connectivity index (χ1v) is 8.08. The minimum Gasteiger partial charge on any atom is -0.393 e. The van der Waals surface area contributed by atoms with E-state index < -0.39 is 24.4 Å². The van der Waals surface area contributed by atoms with Crippen molar-refractivity contribution in [3.8, 4) is 0 Å². The first kappa shape index (κ1) is 19.8. The van der Waals surface area contributed by atoms with E-state index in [1.165, 1.54) is 0 Å². The number of rotatable bonds is 12. The zero-order valence-electron chi connectivity index (χ0n) is 13.3. The van der Waals surface area contributed by atoms with Gasteiger partial charge in [-0.15, -0.1) is 0 Å². The van der Waals surface area contributed by atoms with Crippen LogP contribution in [-0.2, 0) is 0 Å². The van der Waals surface area contributed by atoms with E-state index in [0.29, 0.717) is 6.42 Å². The van der Waals surface area contributed by atoms with Crippen molar-refractivity contribution in [2.45, 2.75) is 96.6 Å². The highest BCUT2D eigenvalue weighted by molar-refractivity contribution is 4.69. The summed E-state index contributed by atoms with van der Waals surface area (Å²) >= 11 is 0. The molecule has 0 bridgehead atoms. The highest BCUT2D eigenvalue weighted by atomic mass is 16.3. The van der Waals surface area contributed by atoms with E-state index >= 15 is 0 Å². The number of aliphatic hydroxyl groups is 4. The molecule has 0 saturated carbocycles. The van der Waals surface area contributed by atoms with Crippen molar-refractivity contribution in [2.24, 2.45) is 5.92 Å². The Morgan fingerprint density at radius 3 is 1.35 bits per heavy atom. The van der Waals surface area contributed by atoms with Crippen molar-refractivity contribution in [3.63, 3.8) is 0 Å². The van der Waals surface area contributed by atoms with Gasteiger partial charge in [0.1, 0.15) is 0 Å². The lowest BCUT2D eigenvalue weighted by atomic mass is 9.94. The zero-order chi connectivity index (χ0) is 15.5. The van der Waals surface area contributed by atoms with Gasteiger partial charge in [-0.25, -0.2) is 0 Å². The molecule has 4 nitrogen and oxygen atoms in total. The molecule has 0 aliphatic heterocycles. The zero-order valence-corrected chi connectivity index (χ0v) is 13.3. The Labute approximate surface area is 123 Å². The van der Waals surface area contributed by atoms with Gasteiger partial charge in [-0.1, -0.05) is 45.4 Å². The van der Waals surface area contributed by atoms with Crippen LogP contribution in [-0.4, -0.2) is 44.8 Å². The van der Waals surface area contributed by atoms with Crippen LogP contribution in [0.5, 0.6) is 0 Å². The van der Waals surface area contributed by atoms with Crippen molar-refractivity contribution in [1.82, 2.24) is 0 Å². The summed E-state index contributed by atoms with van der Waals surface area (Å²) in [5.41, 5.74) is 0. The summed E-state index contributed by atoms with van der Waals surface area (Å²) < 4.78 is 0. The summed E-state index contributed by atoms with van der Waals surface area (Å²) in [7, 11) is 0. The van der Waals surface area contributed by atoms with Gasteiger partial charge in [0, 0.05) is 5.92 Å². The summed E-state index contributed by atoms with van der Waals surface area (Å²) in [5, 5.41) is 37.8. The lowest BCUT2D eigenvalue weighted by Gasteiger charge is -2.21. The Morgan fingerprint density at radius 2 is 0.950 bits per heavy atom. The van der Waals surface area contributed by atoms with Crippen LogP contribution >= 0.6 is 0 Å². The Bertz CT molecular complexity index is 219. The molecule has 20 heavy (non-hydrogen) atoms. The van der Waals surface area contributed by atoms with Crippen LogP contribution in [0.25, 0.3) is 0 Å². The van der Waals surface area contributed by atoms with E-state index in [1.807, 2.05) is 6.92 Å². The molecule has 0 aromatic heterocycles. The Kier molecular flexibility index (Phi) is 11.4. The molecule has 0 radical (unpaired) electrons. The second kappa shape index (κ2) is 11.5. The number of hydrogen-bond donors (Lipinski definition) is 4. The van der Waals surface area contributed by atoms with Crippen LogP contribution in [0.15, 0.2) is 0 Å². The van der Waals surface area contributed by atoms with Gasteiger partial charge < -0.3 is 20.4 Å². The third-order valence-electron chi connectivity index (χ3n) is 4.17. The molecule has 0 aromatic carbocycles. The average molecular weight is 290 g/mol. The molecule has 0 aliphatic rings. The lowest BCUT2D eigenvalue weighted by molar-refractivity contribution is 0.0244. The van der Waals surface area contributed by atoms with Gasteiger partial charge in [0.05, 0.1) is 24.4 Å². The first-order valence-electron chi connectivity index (χ1n) is 8.08. The summed E-state index contributed by atoms with van der Waals surface area (Å²) in [6.07, 6.45) is 5.74. The summed E-state index contributed by atoms with van der Waals surface area (Å²) in [6.45, 7) is 5.21. The van der Waals surface area contributed by atoms with Crippen molar-refractivity contribution in [2.75, 3.05) is 0 Å². The quantitative estimate of drug-likeness (QED) is 0.415. The van der Waals surface area contributed by atoms with Crippen molar-refractivity contribution in [3.05, 3.63) is 0 Å². The van der Waals surface area contributed by atoms with Gasteiger partial charge in [-0.05, 0) is 26.7 Å². The second-order valence-electron chi connectivity index (χ2n) is 6.17. The molecule has 0 rings (SSSR count). The Morgan fingerprint density at radius 1 is 0.550 bits per heavy atom. The molecule has 0 amide bonds. The van der Waals surface area contributed by atoms with Crippen LogP contribution in [0.3, 0.4) is 0 Å². The predicted octanol–water partition coefficient (Wildman–Crippen LogP) is 2.23. The van der Waals surface area contributed by atoms with Gasteiger partial charge in [0.15, 0.2) is 0 Å².